The molecule has 1 unspecified atom stereocenters. The quantitative estimate of drug-likeness (QED) is 0.648. The van der Waals surface area contributed by atoms with Gasteiger partial charge in [0.15, 0.2) is 0 Å². The van der Waals surface area contributed by atoms with Gasteiger partial charge in [-0.3, -0.25) is 4.90 Å². The van der Waals surface area contributed by atoms with E-state index in [0.29, 0.717) is 5.92 Å². The van der Waals surface area contributed by atoms with Gasteiger partial charge in [0.2, 0.25) is 0 Å². The largest absolute Gasteiger partial charge is 0.292 e. The van der Waals surface area contributed by atoms with Gasteiger partial charge in [-0.05, 0) is 19.8 Å². The fourth-order valence-electron chi connectivity index (χ4n) is 2.06. The van der Waals surface area contributed by atoms with Gasteiger partial charge in [0.05, 0.1) is 6.54 Å². The molecule has 1 nitrogen and oxygen atoms in total. The number of rotatable bonds is 2. The molecule has 1 fully saturated rings. The van der Waals surface area contributed by atoms with E-state index in [0.717, 1.165) is 0 Å². The van der Waals surface area contributed by atoms with E-state index in [1.54, 1.807) is 0 Å². The van der Waals surface area contributed by atoms with Gasteiger partial charge in [0, 0.05) is 18.5 Å². The first-order chi connectivity index (χ1) is 5.83. The summed E-state index contributed by atoms with van der Waals surface area (Å²) >= 11 is 0. The van der Waals surface area contributed by atoms with Crippen LogP contribution in [0.2, 0.25) is 0 Å². The van der Waals surface area contributed by atoms with Crippen LogP contribution in [0.25, 0.3) is 0 Å². The van der Waals surface area contributed by atoms with Crippen molar-refractivity contribution < 1.29 is 8.78 Å². The lowest BCUT2D eigenvalue weighted by atomic mass is 10.0. The molecule has 1 atom stereocenters. The number of likely N-dealkylation sites (tertiary alicyclic amines) is 1. The molecule has 78 valence electrons. The van der Waals surface area contributed by atoms with Crippen LogP contribution < -0.4 is 0 Å². The Morgan fingerprint density at radius 2 is 1.77 bits per heavy atom. The standard InChI is InChI=1S/C10H19F2N/c1-7(2)9-5-10(11,12)6-13(9)8(3)4/h7-9H,5-6H2,1-4H3. The van der Waals surface area contributed by atoms with Crippen LogP contribution in [0, 0.1) is 5.92 Å². The van der Waals surface area contributed by atoms with Crippen molar-refractivity contribution in [2.45, 2.75) is 52.1 Å². The van der Waals surface area contributed by atoms with Crippen LogP contribution in [0.5, 0.6) is 0 Å². The average molecular weight is 191 g/mol. The lowest BCUT2D eigenvalue weighted by molar-refractivity contribution is 0.00915. The second-order valence-electron chi connectivity index (χ2n) is 4.64. The molecule has 13 heavy (non-hydrogen) atoms. The van der Waals surface area contributed by atoms with E-state index in [1.165, 1.54) is 0 Å². The summed E-state index contributed by atoms with van der Waals surface area (Å²) in [6.07, 6.45) is 0.0306. The number of halogens is 2. The highest BCUT2D eigenvalue weighted by Gasteiger charge is 2.46. The summed E-state index contributed by atoms with van der Waals surface area (Å²) in [6.45, 7) is 7.93. The number of alkyl halides is 2. The molecule has 0 aliphatic carbocycles. The van der Waals surface area contributed by atoms with Crippen molar-refractivity contribution in [3.8, 4) is 0 Å². The van der Waals surface area contributed by atoms with Crippen molar-refractivity contribution >= 4 is 0 Å². The zero-order valence-corrected chi connectivity index (χ0v) is 8.85. The highest BCUT2D eigenvalue weighted by molar-refractivity contribution is 4.93. The highest BCUT2D eigenvalue weighted by Crippen LogP contribution is 2.36. The molecule has 0 radical (unpaired) electrons. The van der Waals surface area contributed by atoms with Gasteiger partial charge in [0.25, 0.3) is 5.92 Å². The normalized spacial score (nSPS) is 29.1. The maximum Gasteiger partial charge on any atom is 0.262 e. The minimum Gasteiger partial charge on any atom is -0.292 e. The summed E-state index contributed by atoms with van der Waals surface area (Å²) in [4.78, 5) is 1.92. The van der Waals surface area contributed by atoms with Crippen LogP contribution in [0.4, 0.5) is 8.78 Å². The molecule has 3 heteroatoms. The van der Waals surface area contributed by atoms with Gasteiger partial charge < -0.3 is 0 Å². The molecule has 1 aliphatic heterocycles. The summed E-state index contributed by atoms with van der Waals surface area (Å²) in [6, 6.07) is 0.274. The monoisotopic (exact) mass is 191 g/mol. The topological polar surface area (TPSA) is 3.24 Å². The molecule has 1 rings (SSSR count). The summed E-state index contributed by atoms with van der Waals surface area (Å²) < 4.78 is 26.2. The van der Waals surface area contributed by atoms with Crippen molar-refractivity contribution in [3.05, 3.63) is 0 Å². The third-order valence-electron chi connectivity index (χ3n) is 2.78. The molecule has 0 aromatic heterocycles. The molecule has 0 aromatic rings. The van der Waals surface area contributed by atoms with Crippen LogP contribution in [-0.4, -0.2) is 29.5 Å². The second kappa shape index (κ2) is 3.52. The van der Waals surface area contributed by atoms with E-state index in [-0.39, 0.29) is 25.0 Å². The molecule has 0 saturated carbocycles. The summed E-state index contributed by atoms with van der Waals surface area (Å²) in [5.41, 5.74) is 0. The van der Waals surface area contributed by atoms with Crippen LogP contribution in [0.15, 0.2) is 0 Å². The van der Waals surface area contributed by atoms with Gasteiger partial charge >= 0.3 is 0 Å². The first-order valence-electron chi connectivity index (χ1n) is 4.97. The predicted octanol–water partition coefficient (Wildman–Crippen LogP) is 2.76. The predicted molar refractivity (Wildman–Crippen MR) is 50.0 cm³/mol. The molecule has 0 N–H and O–H groups in total. The van der Waals surface area contributed by atoms with Gasteiger partial charge in [-0.2, -0.15) is 0 Å². The first kappa shape index (κ1) is 10.9. The first-order valence-corrected chi connectivity index (χ1v) is 4.97. The van der Waals surface area contributed by atoms with Crippen molar-refractivity contribution in [3.63, 3.8) is 0 Å². The Kier molecular flexibility index (Phi) is 2.95. The Balaban J connectivity index is 2.71. The number of hydrogen-bond donors (Lipinski definition) is 0. The van der Waals surface area contributed by atoms with E-state index < -0.39 is 5.92 Å². The number of hydrogen-bond acceptors (Lipinski definition) is 1. The third kappa shape index (κ3) is 2.39. The van der Waals surface area contributed by atoms with E-state index in [1.807, 2.05) is 32.6 Å². The molecule has 1 heterocycles. The SMILES string of the molecule is CC(C)C1CC(F)(F)CN1C(C)C. The average Bonchev–Trinajstić information content (AvgIpc) is 2.26. The smallest absolute Gasteiger partial charge is 0.262 e. The lowest BCUT2D eigenvalue weighted by Gasteiger charge is -2.29. The van der Waals surface area contributed by atoms with E-state index in [4.69, 9.17) is 0 Å². The van der Waals surface area contributed by atoms with Crippen molar-refractivity contribution in [1.29, 1.82) is 0 Å². The van der Waals surface area contributed by atoms with Crippen molar-refractivity contribution in [2.24, 2.45) is 5.92 Å². The zero-order chi connectivity index (χ0) is 10.2. The Morgan fingerprint density at radius 1 is 1.23 bits per heavy atom. The van der Waals surface area contributed by atoms with Crippen molar-refractivity contribution in [1.82, 2.24) is 4.90 Å². The molecule has 1 saturated heterocycles. The maximum absolute atomic E-state index is 13.1. The molecule has 0 bridgehead atoms. The fraction of sp³-hybridized carbons (Fsp3) is 1.00. The van der Waals surface area contributed by atoms with E-state index in [9.17, 15) is 8.78 Å². The Bertz CT molecular complexity index is 160. The molecule has 1 aliphatic rings. The Labute approximate surface area is 79.1 Å². The van der Waals surface area contributed by atoms with E-state index >= 15 is 0 Å². The minimum absolute atomic E-state index is 0.0306. The fourth-order valence-corrected chi connectivity index (χ4v) is 2.06. The van der Waals surface area contributed by atoms with Gasteiger partial charge in [-0.25, -0.2) is 8.78 Å². The second-order valence-corrected chi connectivity index (χ2v) is 4.64. The Hall–Kier alpha value is -0.180. The maximum atomic E-state index is 13.1. The van der Waals surface area contributed by atoms with Crippen LogP contribution in [0.3, 0.4) is 0 Å². The van der Waals surface area contributed by atoms with Crippen LogP contribution in [-0.2, 0) is 0 Å². The molecule has 0 aromatic carbocycles. The zero-order valence-electron chi connectivity index (χ0n) is 8.85. The molecule has 0 spiro atoms. The highest BCUT2D eigenvalue weighted by atomic mass is 19.3. The van der Waals surface area contributed by atoms with Gasteiger partial charge in [0.1, 0.15) is 0 Å². The molecule has 0 amide bonds. The van der Waals surface area contributed by atoms with Crippen LogP contribution >= 0.6 is 0 Å². The van der Waals surface area contributed by atoms with Gasteiger partial charge in [-0.15, -0.1) is 0 Å². The summed E-state index contributed by atoms with van der Waals surface area (Å²) in [7, 11) is 0. The van der Waals surface area contributed by atoms with Crippen LogP contribution in [0.1, 0.15) is 34.1 Å². The lowest BCUT2D eigenvalue weighted by Crippen LogP contribution is -2.39. The number of nitrogens with zero attached hydrogens (tertiary/aromatic N) is 1. The third-order valence-corrected chi connectivity index (χ3v) is 2.78. The molecular formula is C10H19F2N. The summed E-state index contributed by atoms with van der Waals surface area (Å²) in [5, 5.41) is 0. The Morgan fingerprint density at radius 3 is 2.08 bits per heavy atom. The van der Waals surface area contributed by atoms with Gasteiger partial charge in [-0.1, -0.05) is 13.8 Å². The summed E-state index contributed by atoms with van der Waals surface area (Å²) in [5.74, 6) is -2.16. The van der Waals surface area contributed by atoms with E-state index in [2.05, 4.69) is 0 Å². The molecular weight excluding hydrogens is 172 g/mol. The van der Waals surface area contributed by atoms with Crippen molar-refractivity contribution in [2.75, 3.05) is 6.54 Å². The minimum atomic E-state index is -2.47.